The molecule has 1 aliphatic heterocycles. The van der Waals surface area contributed by atoms with Crippen LogP contribution in [0.5, 0.6) is 0 Å². The maximum atomic E-state index is 13.9. The van der Waals surface area contributed by atoms with Crippen LogP contribution in [0.4, 0.5) is 20.7 Å². The number of anilines is 2. The Kier molecular flexibility index (Phi) is 4.69. The van der Waals surface area contributed by atoms with Crippen molar-refractivity contribution in [2.24, 2.45) is 7.05 Å². The maximum Gasteiger partial charge on any atom is 0.320 e. The lowest BCUT2D eigenvalue weighted by Gasteiger charge is -2.34. The zero-order chi connectivity index (χ0) is 17.1. The van der Waals surface area contributed by atoms with Crippen molar-refractivity contribution in [3.05, 3.63) is 41.8 Å². The lowest BCUT2D eigenvalue weighted by molar-refractivity contribution is 0.246. The lowest BCUT2D eigenvalue weighted by atomic mass is 10.0. The number of aryl methyl sites for hydroxylation is 2. The molecule has 1 saturated heterocycles. The number of rotatable bonds is 3. The maximum absolute atomic E-state index is 13.9. The van der Waals surface area contributed by atoms with Crippen LogP contribution < -0.4 is 15.5 Å². The molecule has 0 saturated carbocycles. The largest absolute Gasteiger partial charge is 0.367 e. The molecule has 1 aromatic heterocycles. The van der Waals surface area contributed by atoms with Gasteiger partial charge in [0.15, 0.2) is 5.82 Å². The summed E-state index contributed by atoms with van der Waals surface area (Å²) in [6.07, 6.45) is 1.78. The minimum atomic E-state index is -0.284. The van der Waals surface area contributed by atoms with Crippen molar-refractivity contribution < 1.29 is 9.18 Å². The molecule has 7 heteroatoms. The zero-order valence-corrected chi connectivity index (χ0v) is 13.9. The summed E-state index contributed by atoms with van der Waals surface area (Å²) in [5, 5.41) is 9.90. The summed E-state index contributed by atoms with van der Waals surface area (Å²) in [4.78, 5) is 14.1. The van der Waals surface area contributed by atoms with Crippen molar-refractivity contribution >= 4 is 17.5 Å². The standard InChI is InChI=1S/C17H22FN5O/c1-12-10-16(21-22(12)2)20-17(24)19-13-6-5-9-23(11-13)15-8-4-3-7-14(15)18/h3-4,7-8,10,13H,5-6,9,11H2,1-2H3,(H2,19,20,21,24)/t13-/m1/s1. The third-order valence-electron chi connectivity index (χ3n) is 4.31. The van der Waals surface area contributed by atoms with Crippen molar-refractivity contribution in [3.63, 3.8) is 0 Å². The van der Waals surface area contributed by atoms with Crippen LogP contribution in [0.25, 0.3) is 0 Å². The Labute approximate surface area is 140 Å². The van der Waals surface area contributed by atoms with Crippen molar-refractivity contribution in [1.29, 1.82) is 0 Å². The molecule has 6 nitrogen and oxygen atoms in total. The normalized spacial score (nSPS) is 17.6. The summed E-state index contributed by atoms with van der Waals surface area (Å²) >= 11 is 0. The molecule has 2 heterocycles. The Bertz CT molecular complexity index is 710. The molecule has 0 spiro atoms. The number of para-hydroxylation sites is 1. The first-order valence-corrected chi connectivity index (χ1v) is 8.10. The second-order valence-corrected chi connectivity index (χ2v) is 6.13. The van der Waals surface area contributed by atoms with Crippen LogP contribution in [-0.2, 0) is 7.05 Å². The molecule has 1 aliphatic rings. The monoisotopic (exact) mass is 331 g/mol. The Morgan fingerprint density at radius 3 is 2.88 bits per heavy atom. The number of carbonyl (C=O) groups is 1. The van der Waals surface area contributed by atoms with Gasteiger partial charge in [0.1, 0.15) is 5.82 Å². The molecule has 0 radical (unpaired) electrons. The number of urea groups is 1. The summed E-state index contributed by atoms with van der Waals surface area (Å²) in [6.45, 7) is 3.30. The molecule has 24 heavy (non-hydrogen) atoms. The van der Waals surface area contributed by atoms with Gasteiger partial charge >= 0.3 is 6.03 Å². The Hall–Kier alpha value is -2.57. The van der Waals surface area contributed by atoms with E-state index in [0.717, 1.165) is 25.1 Å². The number of hydrogen-bond acceptors (Lipinski definition) is 3. The van der Waals surface area contributed by atoms with Crippen LogP contribution in [-0.4, -0.2) is 34.9 Å². The van der Waals surface area contributed by atoms with Crippen LogP contribution in [0.15, 0.2) is 30.3 Å². The van der Waals surface area contributed by atoms with Gasteiger partial charge in [-0.15, -0.1) is 0 Å². The van der Waals surface area contributed by atoms with Crippen molar-refractivity contribution in [2.75, 3.05) is 23.3 Å². The van der Waals surface area contributed by atoms with Crippen LogP contribution >= 0.6 is 0 Å². The fraction of sp³-hybridized carbons (Fsp3) is 0.412. The van der Waals surface area contributed by atoms with Crippen LogP contribution in [0, 0.1) is 12.7 Å². The van der Waals surface area contributed by atoms with Gasteiger partial charge in [-0.05, 0) is 31.9 Å². The first kappa shape index (κ1) is 16.3. The average molecular weight is 331 g/mol. The van der Waals surface area contributed by atoms with Gasteiger partial charge in [-0.1, -0.05) is 12.1 Å². The summed E-state index contributed by atoms with van der Waals surface area (Å²) in [7, 11) is 1.83. The third-order valence-corrected chi connectivity index (χ3v) is 4.31. The van der Waals surface area contributed by atoms with E-state index in [2.05, 4.69) is 15.7 Å². The van der Waals surface area contributed by atoms with E-state index < -0.39 is 0 Å². The second-order valence-electron chi connectivity index (χ2n) is 6.13. The molecule has 1 aromatic carbocycles. The van der Waals surface area contributed by atoms with Crippen molar-refractivity contribution in [2.45, 2.75) is 25.8 Å². The summed E-state index contributed by atoms with van der Waals surface area (Å²) in [6, 6.07) is 8.24. The van der Waals surface area contributed by atoms with Gasteiger partial charge in [-0.3, -0.25) is 10.00 Å². The van der Waals surface area contributed by atoms with Gasteiger partial charge in [0.25, 0.3) is 0 Å². The van der Waals surface area contributed by atoms with E-state index in [1.54, 1.807) is 16.8 Å². The molecule has 0 bridgehead atoms. The fourth-order valence-corrected chi connectivity index (χ4v) is 2.98. The quantitative estimate of drug-likeness (QED) is 0.909. The number of piperidine rings is 1. The Morgan fingerprint density at radius 1 is 1.38 bits per heavy atom. The number of aromatic nitrogens is 2. The fourth-order valence-electron chi connectivity index (χ4n) is 2.98. The van der Waals surface area contributed by atoms with Crippen LogP contribution in [0.2, 0.25) is 0 Å². The summed E-state index contributed by atoms with van der Waals surface area (Å²) in [5.74, 6) is 0.292. The molecule has 2 N–H and O–H groups in total. The lowest BCUT2D eigenvalue weighted by Crippen LogP contribution is -2.49. The number of nitrogens with zero attached hydrogens (tertiary/aromatic N) is 3. The number of hydrogen-bond donors (Lipinski definition) is 2. The van der Waals surface area contributed by atoms with E-state index >= 15 is 0 Å². The number of amides is 2. The van der Waals surface area contributed by atoms with Gasteiger partial charge in [-0.25, -0.2) is 9.18 Å². The highest BCUT2D eigenvalue weighted by Gasteiger charge is 2.23. The highest BCUT2D eigenvalue weighted by Crippen LogP contribution is 2.22. The van der Waals surface area contributed by atoms with Crippen molar-refractivity contribution in [3.8, 4) is 0 Å². The number of carbonyl (C=O) groups excluding carboxylic acids is 1. The second kappa shape index (κ2) is 6.90. The first-order chi connectivity index (χ1) is 11.5. The summed E-state index contributed by atoms with van der Waals surface area (Å²) < 4.78 is 15.6. The summed E-state index contributed by atoms with van der Waals surface area (Å²) in [5.41, 5.74) is 1.55. The van der Waals surface area contributed by atoms with Gasteiger partial charge in [0, 0.05) is 37.9 Å². The molecule has 128 valence electrons. The molecule has 2 aromatic rings. The topological polar surface area (TPSA) is 62.2 Å². The van der Waals surface area contributed by atoms with E-state index in [4.69, 9.17) is 0 Å². The van der Waals surface area contributed by atoms with Gasteiger partial charge in [0.2, 0.25) is 0 Å². The smallest absolute Gasteiger partial charge is 0.320 e. The predicted molar refractivity (Wildman–Crippen MR) is 91.7 cm³/mol. The minimum Gasteiger partial charge on any atom is -0.367 e. The van der Waals surface area contributed by atoms with Gasteiger partial charge < -0.3 is 10.2 Å². The van der Waals surface area contributed by atoms with Gasteiger partial charge in [0.05, 0.1) is 5.69 Å². The molecule has 0 aliphatic carbocycles. The number of benzene rings is 1. The highest BCUT2D eigenvalue weighted by atomic mass is 19.1. The van der Waals surface area contributed by atoms with E-state index in [9.17, 15) is 9.18 Å². The molecule has 1 fully saturated rings. The SMILES string of the molecule is Cc1cc(NC(=O)N[C@@H]2CCCN(c3ccccc3F)C2)nn1C. The predicted octanol–water partition coefficient (Wildman–Crippen LogP) is 2.66. The first-order valence-electron chi connectivity index (χ1n) is 8.10. The van der Waals surface area contributed by atoms with Crippen LogP contribution in [0.1, 0.15) is 18.5 Å². The molecule has 1 atom stereocenters. The Morgan fingerprint density at radius 2 is 2.17 bits per heavy atom. The average Bonchev–Trinajstić information content (AvgIpc) is 2.85. The van der Waals surface area contributed by atoms with Crippen molar-refractivity contribution in [1.82, 2.24) is 15.1 Å². The highest BCUT2D eigenvalue weighted by molar-refractivity contribution is 5.88. The molecular formula is C17H22FN5O. The van der Waals surface area contributed by atoms with E-state index in [-0.39, 0.29) is 17.9 Å². The van der Waals surface area contributed by atoms with E-state index in [0.29, 0.717) is 18.1 Å². The number of nitrogens with one attached hydrogen (secondary N) is 2. The minimum absolute atomic E-state index is 0.0248. The number of halogens is 1. The van der Waals surface area contributed by atoms with Crippen LogP contribution in [0.3, 0.4) is 0 Å². The molecule has 3 rings (SSSR count). The van der Waals surface area contributed by atoms with Gasteiger partial charge in [-0.2, -0.15) is 5.10 Å². The zero-order valence-electron chi connectivity index (χ0n) is 13.9. The van der Waals surface area contributed by atoms with E-state index in [1.165, 1.54) is 6.07 Å². The Balaban J connectivity index is 1.59. The van der Waals surface area contributed by atoms with E-state index in [1.807, 2.05) is 31.0 Å². The third kappa shape index (κ3) is 3.67. The molecule has 2 amide bonds. The molecular weight excluding hydrogens is 309 g/mol. The molecule has 0 unspecified atom stereocenters.